The predicted octanol–water partition coefficient (Wildman–Crippen LogP) is 1.75. The van der Waals surface area contributed by atoms with Crippen molar-refractivity contribution in [2.45, 2.75) is 20.8 Å². The molecule has 0 aliphatic carbocycles. The van der Waals surface area contributed by atoms with Gasteiger partial charge in [0, 0.05) is 6.54 Å². The monoisotopic (exact) mass is 221 g/mol. The lowest BCUT2D eigenvalue weighted by Crippen LogP contribution is -2.32. The molecule has 88 valence electrons. The number of rotatable bonds is 3. The van der Waals surface area contributed by atoms with Gasteiger partial charge in [-0.05, 0) is 17.5 Å². The summed E-state index contributed by atoms with van der Waals surface area (Å²) in [6.07, 6.45) is 0. The second-order valence-corrected chi connectivity index (χ2v) is 4.93. The number of hydrogen-bond donors (Lipinski definition) is 3. The third kappa shape index (κ3) is 3.55. The van der Waals surface area contributed by atoms with Gasteiger partial charge in [0.05, 0.1) is 11.3 Å². The third-order valence-electron chi connectivity index (χ3n) is 2.11. The minimum atomic E-state index is -0.108. The van der Waals surface area contributed by atoms with Gasteiger partial charge in [0.25, 0.3) is 5.91 Å². The summed E-state index contributed by atoms with van der Waals surface area (Å²) in [5, 5.41) is 2.88. The van der Waals surface area contributed by atoms with Crippen LogP contribution in [-0.4, -0.2) is 12.5 Å². The number of carbonyl (C=O) groups is 1. The van der Waals surface area contributed by atoms with Gasteiger partial charge in [0.2, 0.25) is 0 Å². The topological polar surface area (TPSA) is 67.2 Å². The van der Waals surface area contributed by atoms with Crippen molar-refractivity contribution in [3.63, 3.8) is 0 Å². The van der Waals surface area contributed by atoms with E-state index < -0.39 is 0 Å². The van der Waals surface area contributed by atoms with Crippen molar-refractivity contribution in [3.8, 4) is 0 Å². The lowest BCUT2D eigenvalue weighted by molar-refractivity contribution is 0.0940. The molecule has 1 aromatic carbocycles. The highest BCUT2D eigenvalue weighted by Crippen LogP contribution is 2.15. The molecule has 16 heavy (non-hydrogen) atoms. The molecule has 0 aromatic heterocycles. The first-order chi connectivity index (χ1) is 7.44. The Morgan fingerprint density at radius 1 is 1.31 bits per heavy atom. The molecule has 0 saturated carbocycles. The van der Waals surface area contributed by atoms with Crippen LogP contribution in [0.25, 0.3) is 0 Å². The number of nitrogen functional groups attached to an aromatic ring is 1. The number of benzene rings is 1. The van der Waals surface area contributed by atoms with Crippen molar-refractivity contribution in [2.24, 2.45) is 11.3 Å². The van der Waals surface area contributed by atoms with Crippen molar-refractivity contribution in [1.82, 2.24) is 5.32 Å². The van der Waals surface area contributed by atoms with Crippen LogP contribution in [-0.2, 0) is 0 Å². The van der Waals surface area contributed by atoms with Gasteiger partial charge in [-0.3, -0.25) is 10.6 Å². The summed E-state index contributed by atoms with van der Waals surface area (Å²) in [6.45, 7) is 6.84. The average Bonchev–Trinajstić information content (AvgIpc) is 2.25. The Morgan fingerprint density at radius 2 is 1.94 bits per heavy atom. The van der Waals surface area contributed by atoms with E-state index in [1.54, 1.807) is 12.1 Å². The maximum atomic E-state index is 11.9. The lowest BCUT2D eigenvalue weighted by Gasteiger charge is -2.19. The molecular weight excluding hydrogens is 202 g/mol. The summed E-state index contributed by atoms with van der Waals surface area (Å²) < 4.78 is 0. The van der Waals surface area contributed by atoms with Crippen LogP contribution >= 0.6 is 0 Å². The fourth-order valence-electron chi connectivity index (χ4n) is 1.25. The van der Waals surface area contributed by atoms with Gasteiger partial charge in [-0.1, -0.05) is 32.9 Å². The SMILES string of the molecule is CC(C)(C)CNC(=O)c1ccccc1NN. The van der Waals surface area contributed by atoms with E-state index in [1.165, 1.54) is 0 Å². The molecule has 0 aliphatic rings. The smallest absolute Gasteiger partial charge is 0.253 e. The number of nitrogens with one attached hydrogen (secondary N) is 2. The van der Waals surface area contributed by atoms with E-state index in [-0.39, 0.29) is 11.3 Å². The first-order valence-electron chi connectivity index (χ1n) is 5.28. The summed E-state index contributed by atoms with van der Waals surface area (Å²) >= 11 is 0. The lowest BCUT2D eigenvalue weighted by atomic mass is 9.97. The Hall–Kier alpha value is -1.55. The van der Waals surface area contributed by atoms with Crippen molar-refractivity contribution in [3.05, 3.63) is 29.8 Å². The van der Waals surface area contributed by atoms with Crippen LogP contribution in [0.2, 0.25) is 0 Å². The van der Waals surface area contributed by atoms with E-state index in [0.29, 0.717) is 17.8 Å². The van der Waals surface area contributed by atoms with Crippen molar-refractivity contribution < 1.29 is 4.79 Å². The molecule has 1 rings (SSSR count). The zero-order valence-corrected chi connectivity index (χ0v) is 10.0. The first-order valence-corrected chi connectivity index (χ1v) is 5.28. The quantitative estimate of drug-likeness (QED) is 0.538. The van der Waals surface area contributed by atoms with Crippen LogP contribution in [0.4, 0.5) is 5.69 Å². The van der Waals surface area contributed by atoms with Crippen LogP contribution in [0.5, 0.6) is 0 Å². The molecule has 0 bridgehead atoms. The van der Waals surface area contributed by atoms with E-state index >= 15 is 0 Å². The standard InChI is InChI=1S/C12H19N3O/c1-12(2,3)8-14-11(16)9-6-4-5-7-10(9)15-13/h4-7,15H,8,13H2,1-3H3,(H,14,16). The fourth-order valence-corrected chi connectivity index (χ4v) is 1.25. The van der Waals surface area contributed by atoms with Crippen LogP contribution in [0.15, 0.2) is 24.3 Å². The van der Waals surface area contributed by atoms with Crippen LogP contribution < -0.4 is 16.6 Å². The molecule has 0 heterocycles. The molecule has 1 aromatic rings. The molecular formula is C12H19N3O. The highest BCUT2D eigenvalue weighted by molar-refractivity contribution is 5.99. The Labute approximate surface area is 96.2 Å². The number of hydrogen-bond acceptors (Lipinski definition) is 3. The first kappa shape index (κ1) is 12.5. The van der Waals surface area contributed by atoms with Gasteiger partial charge in [-0.15, -0.1) is 0 Å². The van der Waals surface area contributed by atoms with Gasteiger partial charge in [0.15, 0.2) is 0 Å². The van der Waals surface area contributed by atoms with Crippen LogP contribution in [0, 0.1) is 5.41 Å². The number of para-hydroxylation sites is 1. The van der Waals surface area contributed by atoms with Crippen molar-refractivity contribution in [2.75, 3.05) is 12.0 Å². The maximum absolute atomic E-state index is 11.9. The molecule has 0 saturated heterocycles. The molecule has 4 nitrogen and oxygen atoms in total. The fraction of sp³-hybridized carbons (Fsp3) is 0.417. The predicted molar refractivity (Wildman–Crippen MR) is 66.0 cm³/mol. The maximum Gasteiger partial charge on any atom is 0.253 e. The summed E-state index contributed by atoms with van der Waals surface area (Å²) in [7, 11) is 0. The Bertz CT molecular complexity index is 369. The molecule has 1 amide bonds. The summed E-state index contributed by atoms with van der Waals surface area (Å²) in [6, 6.07) is 7.15. The summed E-state index contributed by atoms with van der Waals surface area (Å²) in [5.74, 6) is 5.23. The Kier molecular flexibility index (Phi) is 3.90. The molecule has 4 heteroatoms. The van der Waals surface area contributed by atoms with Crippen molar-refractivity contribution in [1.29, 1.82) is 0 Å². The van der Waals surface area contributed by atoms with E-state index in [4.69, 9.17) is 5.84 Å². The molecule has 4 N–H and O–H groups in total. The van der Waals surface area contributed by atoms with Gasteiger partial charge in [0.1, 0.15) is 0 Å². The van der Waals surface area contributed by atoms with Crippen molar-refractivity contribution >= 4 is 11.6 Å². The number of carbonyl (C=O) groups excluding carboxylic acids is 1. The van der Waals surface area contributed by atoms with E-state index in [0.717, 1.165) is 0 Å². The number of nitrogens with two attached hydrogens (primary N) is 1. The highest BCUT2D eigenvalue weighted by atomic mass is 16.1. The van der Waals surface area contributed by atoms with Gasteiger partial charge < -0.3 is 10.7 Å². The minimum absolute atomic E-state index is 0.0702. The molecule has 0 aliphatic heterocycles. The zero-order valence-electron chi connectivity index (χ0n) is 10.0. The second kappa shape index (κ2) is 4.99. The normalized spacial score (nSPS) is 11.0. The van der Waals surface area contributed by atoms with Gasteiger partial charge in [-0.2, -0.15) is 0 Å². The Morgan fingerprint density at radius 3 is 2.50 bits per heavy atom. The van der Waals surface area contributed by atoms with E-state index in [9.17, 15) is 4.79 Å². The molecule has 0 unspecified atom stereocenters. The van der Waals surface area contributed by atoms with E-state index in [2.05, 4.69) is 31.5 Å². The number of hydrazine groups is 1. The molecule has 0 atom stereocenters. The zero-order chi connectivity index (χ0) is 12.2. The van der Waals surface area contributed by atoms with Crippen LogP contribution in [0.3, 0.4) is 0 Å². The number of anilines is 1. The van der Waals surface area contributed by atoms with E-state index in [1.807, 2.05) is 12.1 Å². The minimum Gasteiger partial charge on any atom is -0.351 e. The molecule has 0 radical (unpaired) electrons. The number of amides is 1. The van der Waals surface area contributed by atoms with Gasteiger partial charge in [-0.25, -0.2) is 0 Å². The van der Waals surface area contributed by atoms with Gasteiger partial charge >= 0.3 is 0 Å². The third-order valence-corrected chi connectivity index (χ3v) is 2.11. The highest BCUT2D eigenvalue weighted by Gasteiger charge is 2.14. The average molecular weight is 221 g/mol. The van der Waals surface area contributed by atoms with Crippen LogP contribution in [0.1, 0.15) is 31.1 Å². The molecule has 0 fully saturated rings. The summed E-state index contributed by atoms with van der Waals surface area (Å²) in [4.78, 5) is 11.9. The second-order valence-electron chi connectivity index (χ2n) is 4.93. The summed E-state index contributed by atoms with van der Waals surface area (Å²) in [5.41, 5.74) is 3.78. The largest absolute Gasteiger partial charge is 0.351 e. The Balaban J connectivity index is 2.73. The molecule has 0 spiro atoms.